The Morgan fingerprint density at radius 1 is 0.931 bits per heavy atom. The molecule has 4 rings (SSSR count). The zero-order chi connectivity index (χ0) is 20.1. The summed E-state index contributed by atoms with van der Waals surface area (Å²) in [5, 5.41) is 0. The van der Waals surface area contributed by atoms with Crippen LogP contribution in [0.25, 0.3) is 6.08 Å². The molecule has 1 aliphatic rings. The van der Waals surface area contributed by atoms with Crippen molar-refractivity contribution in [2.24, 2.45) is 0 Å². The molecule has 0 atom stereocenters. The Kier molecular flexibility index (Phi) is 5.56. The number of hydrogen-bond acceptors (Lipinski definition) is 3. The SMILES string of the molecule is O=C(c1ccc(F)cc1)N(C/C=C\c1ccccc1)c1ccc2c(c1)OCCO2. The summed E-state index contributed by atoms with van der Waals surface area (Å²) >= 11 is 0. The third kappa shape index (κ3) is 4.46. The van der Waals surface area contributed by atoms with Gasteiger partial charge in [-0.3, -0.25) is 4.79 Å². The van der Waals surface area contributed by atoms with E-state index in [1.165, 1.54) is 24.3 Å². The van der Waals surface area contributed by atoms with Gasteiger partial charge in [-0.1, -0.05) is 42.5 Å². The van der Waals surface area contributed by atoms with E-state index in [2.05, 4.69) is 0 Å². The first-order chi connectivity index (χ1) is 14.2. The fourth-order valence-corrected chi connectivity index (χ4v) is 3.11. The molecule has 0 bridgehead atoms. The number of ether oxygens (including phenoxy) is 2. The number of anilines is 1. The van der Waals surface area contributed by atoms with Crippen LogP contribution in [0, 0.1) is 5.82 Å². The van der Waals surface area contributed by atoms with Gasteiger partial charge in [-0.25, -0.2) is 4.39 Å². The minimum Gasteiger partial charge on any atom is -0.486 e. The molecular formula is C24H20FNO3. The van der Waals surface area contributed by atoms with Gasteiger partial charge >= 0.3 is 0 Å². The van der Waals surface area contributed by atoms with Gasteiger partial charge in [-0.15, -0.1) is 0 Å². The van der Waals surface area contributed by atoms with E-state index in [1.807, 2.05) is 48.6 Å². The molecule has 0 saturated heterocycles. The minimum atomic E-state index is -0.378. The van der Waals surface area contributed by atoms with Crippen molar-refractivity contribution in [1.82, 2.24) is 0 Å². The van der Waals surface area contributed by atoms with Crippen molar-refractivity contribution >= 4 is 17.7 Å². The van der Waals surface area contributed by atoms with Gasteiger partial charge in [0.1, 0.15) is 19.0 Å². The van der Waals surface area contributed by atoms with Gasteiger partial charge in [0.15, 0.2) is 11.5 Å². The monoisotopic (exact) mass is 389 g/mol. The van der Waals surface area contributed by atoms with Crippen LogP contribution < -0.4 is 14.4 Å². The lowest BCUT2D eigenvalue weighted by Crippen LogP contribution is -2.31. The molecule has 5 heteroatoms. The largest absolute Gasteiger partial charge is 0.486 e. The van der Waals surface area contributed by atoms with Crippen molar-refractivity contribution in [1.29, 1.82) is 0 Å². The highest BCUT2D eigenvalue weighted by atomic mass is 19.1. The molecule has 0 aromatic heterocycles. The molecule has 0 radical (unpaired) electrons. The maximum Gasteiger partial charge on any atom is 0.258 e. The number of carbonyl (C=O) groups excluding carboxylic acids is 1. The molecule has 1 heterocycles. The van der Waals surface area contributed by atoms with Crippen LogP contribution in [0.2, 0.25) is 0 Å². The van der Waals surface area contributed by atoms with Gasteiger partial charge in [0.25, 0.3) is 5.91 Å². The molecular weight excluding hydrogens is 369 g/mol. The van der Waals surface area contributed by atoms with Crippen LogP contribution in [0.4, 0.5) is 10.1 Å². The first-order valence-corrected chi connectivity index (χ1v) is 9.39. The quantitative estimate of drug-likeness (QED) is 0.619. The molecule has 1 aliphatic heterocycles. The van der Waals surface area contributed by atoms with Crippen LogP contribution in [0.15, 0.2) is 78.9 Å². The number of nitrogens with zero attached hydrogens (tertiary/aromatic N) is 1. The van der Waals surface area contributed by atoms with Gasteiger partial charge in [0, 0.05) is 23.9 Å². The molecule has 1 amide bonds. The topological polar surface area (TPSA) is 38.8 Å². The average Bonchev–Trinajstić information content (AvgIpc) is 2.77. The predicted molar refractivity (Wildman–Crippen MR) is 111 cm³/mol. The molecule has 4 nitrogen and oxygen atoms in total. The van der Waals surface area contributed by atoms with Gasteiger partial charge in [-0.2, -0.15) is 0 Å². The Morgan fingerprint density at radius 3 is 2.41 bits per heavy atom. The number of benzene rings is 3. The smallest absolute Gasteiger partial charge is 0.258 e. The number of hydrogen-bond donors (Lipinski definition) is 0. The maximum atomic E-state index is 13.3. The lowest BCUT2D eigenvalue weighted by Gasteiger charge is -2.24. The predicted octanol–water partition coefficient (Wildman–Crippen LogP) is 4.96. The molecule has 0 saturated carbocycles. The first-order valence-electron chi connectivity index (χ1n) is 9.39. The lowest BCUT2D eigenvalue weighted by atomic mass is 10.1. The highest BCUT2D eigenvalue weighted by molar-refractivity contribution is 6.06. The van der Waals surface area contributed by atoms with Gasteiger partial charge in [0.05, 0.1) is 0 Å². The summed E-state index contributed by atoms with van der Waals surface area (Å²) in [6.45, 7) is 1.32. The molecule has 0 N–H and O–H groups in total. The summed E-state index contributed by atoms with van der Waals surface area (Å²) in [6.07, 6.45) is 3.89. The van der Waals surface area contributed by atoms with Crippen molar-refractivity contribution in [2.75, 3.05) is 24.7 Å². The second-order valence-corrected chi connectivity index (χ2v) is 6.56. The number of halogens is 1. The highest BCUT2D eigenvalue weighted by Crippen LogP contribution is 2.34. The van der Waals surface area contributed by atoms with Crippen LogP contribution in [-0.4, -0.2) is 25.7 Å². The molecule has 0 fully saturated rings. The zero-order valence-electron chi connectivity index (χ0n) is 15.8. The van der Waals surface area contributed by atoms with Crippen LogP contribution >= 0.6 is 0 Å². The van der Waals surface area contributed by atoms with E-state index in [0.29, 0.717) is 42.5 Å². The van der Waals surface area contributed by atoms with E-state index in [0.717, 1.165) is 5.56 Å². The van der Waals surface area contributed by atoms with Crippen molar-refractivity contribution in [3.05, 3.63) is 95.8 Å². The Balaban J connectivity index is 1.63. The second kappa shape index (κ2) is 8.61. The van der Waals surface area contributed by atoms with Crippen molar-refractivity contribution in [3.63, 3.8) is 0 Å². The Morgan fingerprint density at radius 2 is 1.66 bits per heavy atom. The van der Waals surface area contributed by atoms with Crippen molar-refractivity contribution in [2.45, 2.75) is 0 Å². The molecule has 146 valence electrons. The standard InChI is InChI=1S/C24H20FNO3/c25-20-10-8-19(9-11-20)24(27)26(14-4-7-18-5-2-1-3-6-18)21-12-13-22-23(17-21)29-16-15-28-22/h1-13,17H,14-16H2/b7-4-. The minimum absolute atomic E-state index is 0.223. The summed E-state index contributed by atoms with van der Waals surface area (Å²) in [5.74, 6) is 0.669. The second-order valence-electron chi connectivity index (χ2n) is 6.56. The Hall–Kier alpha value is -3.60. The average molecular weight is 389 g/mol. The van der Waals surface area contributed by atoms with Crippen molar-refractivity contribution in [3.8, 4) is 11.5 Å². The third-order valence-electron chi connectivity index (χ3n) is 4.57. The van der Waals surface area contributed by atoms with Gasteiger partial charge in [-0.05, 0) is 42.0 Å². The normalized spacial score (nSPS) is 12.7. The third-order valence-corrected chi connectivity index (χ3v) is 4.57. The maximum absolute atomic E-state index is 13.3. The van der Waals surface area contributed by atoms with Gasteiger partial charge in [0.2, 0.25) is 0 Å². The van der Waals surface area contributed by atoms with Crippen LogP contribution in [0.5, 0.6) is 11.5 Å². The Labute approximate surface area is 168 Å². The Bertz CT molecular complexity index is 1020. The van der Waals surface area contributed by atoms with E-state index < -0.39 is 0 Å². The molecule has 29 heavy (non-hydrogen) atoms. The molecule has 0 spiro atoms. The summed E-state index contributed by atoms with van der Waals surface area (Å²) in [6, 6.07) is 20.8. The summed E-state index contributed by atoms with van der Waals surface area (Å²) in [5.41, 5.74) is 2.14. The number of fused-ring (bicyclic) bond motifs is 1. The summed E-state index contributed by atoms with van der Waals surface area (Å²) < 4.78 is 24.5. The number of amides is 1. The molecule has 0 unspecified atom stereocenters. The van der Waals surface area contributed by atoms with E-state index >= 15 is 0 Å². The summed E-state index contributed by atoms with van der Waals surface area (Å²) in [4.78, 5) is 14.8. The van der Waals surface area contributed by atoms with Crippen LogP contribution in [0.1, 0.15) is 15.9 Å². The van der Waals surface area contributed by atoms with Crippen molar-refractivity contribution < 1.29 is 18.7 Å². The van der Waals surface area contributed by atoms with Crippen LogP contribution in [-0.2, 0) is 0 Å². The summed E-state index contributed by atoms with van der Waals surface area (Å²) in [7, 11) is 0. The van der Waals surface area contributed by atoms with E-state index in [-0.39, 0.29) is 11.7 Å². The molecule has 3 aromatic carbocycles. The van der Waals surface area contributed by atoms with E-state index in [1.54, 1.807) is 17.0 Å². The fraction of sp³-hybridized carbons (Fsp3) is 0.125. The highest BCUT2D eigenvalue weighted by Gasteiger charge is 2.20. The zero-order valence-corrected chi connectivity index (χ0v) is 15.8. The molecule has 0 aliphatic carbocycles. The fourth-order valence-electron chi connectivity index (χ4n) is 3.11. The van der Waals surface area contributed by atoms with E-state index in [9.17, 15) is 9.18 Å². The first kappa shape index (κ1) is 18.7. The van der Waals surface area contributed by atoms with Gasteiger partial charge < -0.3 is 14.4 Å². The molecule has 3 aromatic rings. The van der Waals surface area contributed by atoms with E-state index in [4.69, 9.17) is 9.47 Å². The number of rotatable bonds is 5. The number of carbonyl (C=O) groups is 1. The van der Waals surface area contributed by atoms with Crippen LogP contribution in [0.3, 0.4) is 0 Å². The lowest BCUT2D eigenvalue weighted by molar-refractivity contribution is 0.0989.